The fourth-order valence-corrected chi connectivity index (χ4v) is 1.93. The lowest BCUT2D eigenvalue weighted by atomic mass is 10.2. The lowest BCUT2D eigenvalue weighted by Crippen LogP contribution is -2.26. The van der Waals surface area contributed by atoms with Gasteiger partial charge >= 0.3 is 5.97 Å². The Morgan fingerprint density at radius 3 is 3.06 bits per heavy atom. The van der Waals surface area contributed by atoms with Crippen LogP contribution in [0.2, 0.25) is 0 Å². The maximum absolute atomic E-state index is 10.8. The average molecular weight is 243 g/mol. The molecule has 1 aromatic heterocycles. The fraction of sp³-hybridized carbons (Fsp3) is 0.545. The maximum atomic E-state index is 10.8. The van der Waals surface area contributed by atoms with Crippen LogP contribution in [0.5, 0.6) is 0 Å². The van der Waals surface area contributed by atoms with Crippen LogP contribution in [0.1, 0.15) is 29.5 Å². The first kappa shape index (κ1) is 13.1. The third-order valence-electron chi connectivity index (χ3n) is 2.34. The van der Waals surface area contributed by atoms with E-state index in [-0.39, 0.29) is 5.76 Å². The number of aromatic carboxylic acids is 1. The standard InChI is InChI=1S/C11H17NO3S/c1-8(4-6-16-2)12-7-9-3-5-15-10(9)11(13)14/h3,5,8,12H,4,6-7H2,1-2H3,(H,13,14). The van der Waals surface area contributed by atoms with Crippen LogP contribution < -0.4 is 5.32 Å². The van der Waals surface area contributed by atoms with Crippen LogP contribution in [0.25, 0.3) is 0 Å². The van der Waals surface area contributed by atoms with Gasteiger partial charge in [-0.25, -0.2) is 4.79 Å². The molecule has 16 heavy (non-hydrogen) atoms. The molecule has 0 aliphatic rings. The van der Waals surface area contributed by atoms with Crippen molar-refractivity contribution in [2.75, 3.05) is 12.0 Å². The minimum Gasteiger partial charge on any atom is -0.475 e. The Morgan fingerprint density at radius 1 is 1.69 bits per heavy atom. The van der Waals surface area contributed by atoms with Crippen LogP contribution in [-0.2, 0) is 6.54 Å². The maximum Gasteiger partial charge on any atom is 0.372 e. The number of rotatable bonds is 7. The van der Waals surface area contributed by atoms with Crippen LogP contribution in [0.4, 0.5) is 0 Å². The van der Waals surface area contributed by atoms with Crippen LogP contribution in [0.3, 0.4) is 0 Å². The van der Waals surface area contributed by atoms with Crippen LogP contribution in [-0.4, -0.2) is 29.1 Å². The highest BCUT2D eigenvalue weighted by molar-refractivity contribution is 7.98. The summed E-state index contributed by atoms with van der Waals surface area (Å²) in [4.78, 5) is 10.8. The number of nitrogens with one attached hydrogen (secondary N) is 1. The Labute approximate surface area is 99.4 Å². The summed E-state index contributed by atoms with van der Waals surface area (Å²) in [5.41, 5.74) is 0.698. The third kappa shape index (κ3) is 3.90. The molecular weight excluding hydrogens is 226 g/mol. The Bertz CT molecular complexity index is 338. The molecule has 2 N–H and O–H groups in total. The largest absolute Gasteiger partial charge is 0.475 e. The molecule has 0 aliphatic carbocycles. The van der Waals surface area contributed by atoms with Crippen molar-refractivity contribution in [1.29, 1.82) is 0 Å². The summed E-state index contributed by atoms with van der Waals surface area (Å²) < 4.78 is 4.90. The van der Waals surface area contributed by atoms with E-state index in [1.54, 1.807) is 6.07 Å². The van der Waals surface area contributed by atoms with E-state index in [1.807, 2.05) is 11.8 Å². The number of carboxylic acid groups (broad SMARTS) is 1. The van der Waals surface area contributed by atoms with Crippen LogP contribution in [0.15, 0.2) is 16.7 Å². The van der Waals surface area contributed by atoms with E-state index in [0.717, 1.165) is 12.2 Å². The molecule has 0 aromatic carbocycles. The smallest absolute Gasteiger partial charge is 0.372 e. The number of furan rings is 1. The zero-order chi connectivity index (χ0) is 12.0. The molecule has 0 saturated carbocycles. The van der Waals surface area contributed by atoms with Gasteiger partial charge in [0.15, 0.2) is 0 Å². The van der Waals surface area contributed by atoms with E-state index in [0.29, 0.717) is 18.2 Å². The Kier molecular flexibility index (Phi) is 5.42. The van der Waals surface area contributed by atoms with E-state index in [2.05, 4.69) is 18.5 Å². The minimum atomic E-state index is -1.02. The second-order valence-electron chi connectivity index (χ2n) is 3.64. The molecular formula is C11H17NO3S. The first-order chi connectivity index (χ1) is 7.65. The summed E-state index contributed by atoms with van der Waals surface area (Å²) in [7, 11) is 0. The van der Waals surface area contributed by atoms with Gasteiger partial charge in [-0.3, -0.25) is 0 Å². The summed E-state index contributed by atoms with van der Waals surface area (Å²) in [6.07, 6.45) is 4.56. The SMILES string of the molecule is CSCCC(C)NCc1ccoc1C(=O)O. The second-order valence-corrected chi connectivity index (χ2v) is 4.63. The van der Waals surface area contributed by atoms with Crippen molar-refractivity contribution < 1.29 is 14.3 Å². The van der Waals surface area contributed by atoms with E-state index < -0.39 is 5.97 Å². The summed E-state index contributed by atoms with van der Waals surface area (Å²) in [6.45, 7) is 2.63. The van der Waals surface area contributed by atoms with Gasteiger partial charge in [0.2, 0.25) is 5.76 Å². The van der Waals surface area contributed by atoms with Gasteiger partial charge < -0.3 is 14.8 Å². The summed E-state index contributed by atoms with van der Waals surface area (Å²) in [5, 5.41) is 12.1. The fourth-order valence-electron chi connectivity index (χ4n) is 1.34. The molecule has 1 atom stereocenters. The number of carbonyl (C=O) groups is 1. The minimum absolute atomic E-state index is 0.0320. The highest BCUT2D eigenvalue weighted by atomic mass is 32.2. The molecule has 0 fully saturated rings. The second kappa shape index (κ2) is 6.60. The molecule has 1 aromatic rings. The Morgan fingerprint density at radius 2 is 2.44 bits per heavy atom. The Hall–Kier alpha value is -0.940. The highest BCUT2D eigenvalue weighted by Gasteiger charge is 2.13. The van der Waals surface area contributed by atoms with Gasteiger partial charge in [-0.1, -0.05) is 0 Å². The highest BCUT2D eigenvalue weighted by Crippen LogP contribution is 2.11. The van der Waals surface area contributed by atoms with Gasteiger partial charge in [0, 0.05) is 18.2 Å². The lowest BCUT2D eigenvalue weighted by Gasteiger charge is -2.12. The van der Waals surface area contributed by atoms with Gasteiger partial charge in [-0.05, 0) is 31.4 Å². The third-order valence-corrected chi connectivity index (χ3v) is 2.98. The monoisotopic (exact) mass is 243 g/mol. The van der Waals surface area contributed by atoms with Crippen molar-refractivity contribution in [3.05, 3.63) is 23.7 Å². The molecule has 4 nitrogen and oxygen atoms in total. The van der Waals surface area contributed by atoms with Gasteiger partial charge in [0.25, 0.3) is 0 Å². The molecule has 0 radical (unpaired) electrons. The molecule has 0 aliphatic heterocycles. The molecule has 5 heteroatoms. The molecule has 0 bridgehead atoms. The van der Waals surface area contributed by atoms with Crippen molar-refractivity contribution in [2.45, 2.75) is 25.9 Å². The zero-order valence-electron chi connectivity index (χ0n) is 9.53. The van der Waals surface area contributed by atoms with E-state index in [1.165, 1.54) is 6.26 Å². The first-order valence-electron chi connectivity index (χ1n) is 5.17. The van der Waals surface area contributed by atoms with E-state index in [9.17, 15) is 4.79 Å². The zero-order valence-corrected chi connectivity index (χ0v) is 10.3. The van der Waals surface area contributed by atoms with Gasteiger partial charge in [-0.2, -0.15) is 11.8 Å². The average Bonchev–Trinajstić information content (AvgIpc) is 2.71. The molecule has 90 valence electrons. The number of carboxylic acids is 1. The molecule has 1 heterocycles. The first-order valence-corrected chi connectivity index (χ1v) is 6.56. The van der Waals surface area contributed by atoms with Crippen molar-refractivity contribution in [3.63, 3.8) is 0 Å². The van der Waals surface area contributed by atoms with E-state index in [4.69, 9.17) is 9.52 Å². The van der Waals surface area contributed by atoms with E-state index >= 15 is 0 Å². The Balaban J connectivity index is 2.42. The number of hydrogen-bond acceptors (Lipinski definition) is 4. The number of hydrogen-bond donors (Lipinski definition) is 2. The summed E-state index contributed by atoms with van der Waals surface area (Å²) >= 11 is 1.81. The molecule has 0 spiro atoms. The summed E-state index contributed by atoms with van der Waals surface area (Å²) in [6, 6.07) is 2.07. The lowest BCUT2D eigenvalue weighted by molar-refractivity contribution is 0.0660. The van der Waals surface area contributed by atoms with Crippen molar-refractivity contribution in [3.8, 4) is 0 Å². The predicted octanol–water partition coefficient (Wildman–Crippen LogP) is 2.21. The molecule has 1 rings (SSSR count). The molecule has 1 unspecified atom stereocenters. The normalized spacial score (nSPS) is 12.6. The van der Waals surface area contributed by atoms with Crippen LogP contribution in [0, 0.1) is 0 Å². The predicted molar refractivity (Wildman–Crippen MR) is 65.0 cm³/mol. The van der Waals surface area contributed by atoms with Gasteiger partial charge in [-0.15, -0.1) is 0 Å². The van der Waals surface area contributed by atoms with Gasteiger partial charge in [0.1, 0.15) is 0 Å². The number of thioether (sulfide) groups is 1. The topological polar surface area (TPSA) is 62.5 Å². The van der Waals surface area contributed by atoms with Crippen LogP contribution >= 0.6 is 11.8 Å². The summed E-state index contributed by atoms with van der Waals surface area (Å²) in [5.74, 6) is 0.119. The van der Waals surface area contributed by atoms with Gasteiger partial charge in [0.05, 0.1) is 6.26 Å². The molecule has 0 saturated heterocycles. The quantitative estimate of drug-likeness (QED) is 0.768. The molecule has 0 amide bonds. The van der Waals surface area contributed by atoms with Crippen molar-refractivity contribution in [2.24, 2.45) is 0 Å². The van der Waals surface area contributed by atoms with Crippen molar-refractivity contribution >= 4 is 17.7 Å². The van der Waals surface area contributed by atoms with Crippen molar-refractivity contribution in [1.82, 2.24) is 5.32 Å².